The van der Waals surface area contributed by atoms with E-state index in [1.807, 2.05) is 14.0 Å². The Hall–Kier alpha value is -3.80. The van der Waals surface area contributed by atoms with Crippen LogP contribution in [0.3, 0.4) is 0 Å². The Morgan fingerprint density at radius 2 is 1.81 bits per heavy atom. The van der Waals surface area contributed by atoms with Crippen LogP contribution in [0.2, 0.25) is 0 Å². The van der Waals surface area contributed by atoms with E-state index in [9.17, 15) is 23.6 Å². The molecule has 12 heteroatoms. The minimum Gasteiger partial charge on any atom is -0.344 e. The molecule has 1 aliphatic rings. The summed E-state index contributed by atoms with van der Waals surface area (Å²) in [4.78, 5) is 57.5. The maximum Gasteiger partial charge on any atom is 0.269 e. The van der Waals surface area contributed by atoms with Crippen molar-refractivity contribution in [2.45, 2.75) is 39.3 Å². The molecule has 0 spiro atoms. The fourth-order valence-electron chi connectivity index (χ4n) is 3.97. The first-order chi connectivity index (χ1) is 17.7. The lowest BCUT2D eigenvalue weighted by Gasteiger charge is -2.34. The average molecular weight is 516 g/mol. The lowest BCUT2D eigenvalue weighted by molar-refractivity contribution is -0.137. The SMILES string of the molecule is CCC(=O)NC(Cc1ccc(NC(=O)CNC(=O)c2cncn2CC)c(F)c1)C(=O)N1CCN(C)CC1. The number of likely N-dealkylation sites (N-methyl/N-ethyl adjacent to an activating group) is 1. The Bertz CT molecular complexity index is 1130. The molecule has 0 aliphatic carbocycles. The summed E-state index contributed by atoms with van der Waals surface area (Å²) in [5.74, 6) is -2.21. The number of hydrogen-bond donors (Lipinski definition) is 3. The first-order valence-corrected chi connectivity index (χ1v) is 12.3. The van der Waals surface area contributed by atoms with Gasteiger partial charge in [-0.3, -0.25) is 19.2 Å². The monoisotopic (exact) mass is 515 g/mol. The van der Waals surface area contributed by atoms with Gasteiger partial charge in [0.25, 0.3) is 5.91 Å². The van der Waals surface area contributed by atoms with Crippen LogP contribution in [0.25, 0.3) is 0 Å². The van der Waals surface area contributed by atoms with E-state index < -0.39 is 23.7 Å². The summed E-state index contributed by atoms with van der Waals surface area (Å²) in [6, 6.07) is 3.41. The molecule has 0 radical (unpaired) electrons. The summed E-state index contributed by atoms with van der Waals surface area (Å²) in [5.41, 5.74) is 0.767. The fraction of sp³-hybridized carbons (Fsp3) is 0.480. The highest BCUT2D eigenvalue weighted by molar-refractivity contribution is 5.98. The molecule has 3 N–H and O–H groups in total. The molecule has 200 valence electrons. The van der Waals surface area contributed by atoms with Gasteiger partial charge in [-0.2, -0.15) is 0 Å². The number of amides is 4. The van der Waals surface area contributed by atoms with Gasteiger partial charge in [0.15, 0.2) is 0 Å². The van der Waals surface area contributed by atoms with Gasteiger partial charge in [0.05, 0.1) is 24.8 Å². The van der Waals surface area contributed by atoms with Crippen molar-refractivity contribution in [1.82, 2.24) is 30.0 Å². The Morgan fingerprint density at radius 3 is 2.46 bits per heavy atom. The highest BCUT2D eigenvalue weighted by atomic mass is 19.1. The Morgan fingerprint density at radius 1 is 1.08 bits per heavy atom. The molecule has 0 bridgehead atoms. The third-order valence-corrected chi connectivity index (χ3v) is 6.21. The van der Waals surface area contributed by atoms with E-state index in [1.165, 1.54) is 24.7 Å². The number of halogens is 1. The number of hydrogen-bond acceptors (Lipinski definition) is 6. The molecule has 2 heterocycles. The number of anilines is 1. The van der Waals surface area contributed by atoms with Crippen molar-refractivity contribution in [2.24, 2.45) is 0 Å². The lowest BCUT2D eigenvalue weighted by Crippen LogP contribution is -2.54. The van der Waals surface area contributed by atoms with Crippen LogP contribution in [0.5, 0.6) is 0 Å². The quantitative estimate of drug-likeness (QED) is 0.426. The van der Waals surface area contributed by atoms with Gasteiger partial charge in [0, 0.05) is 45.6 Å². The van der Waals surface area contributed by atoms with Gasteiger partial charge in [-0.25, -0.2) is 9.37 Å². The maximum absolute atomic E-state index is 14.8. The van der Waals surface area contributed by atoms with Gasteiger partial charge in [-0.15, -0.1) is 0 Å². The summed E-state index contributed by atoms with van der Waals surface area (Å²) in [5, 5.41) is 7.68. The second-order valence-corrected chi connectivity index (χ2v) is 8.92. The van der Waals surface area contributed by atoms with E-state index in [-0.39, 0.29) is 36.9 Å². The lowest BCUT2D eigenvalue weighted by atomic mass is 10.0. The predicted octanol–water partition coefficient (Wildman–Crippen LogP) is 0.622. The van der Waals surface area contributed by atoms with E-state index in [1.54, 1.807) is 22.5 Å². The average Bonchev–Trinajstić information content (AvgIpc) is 3.37. The van der Waals surface area contributed by atoms with Crippen molar-refractivity contribution in [3.63, 3.8) is 0 Å². The second-order valence-electron chi connectivity index (χ2n) is 8.92. The summed E-state index contributed by atoms with van der Waals surface area (Å²) < 4.78 is 16.4. The number of carbonyl (C=O) groups is 4. The molecule has 11 nitrogen and oxygen atoms in total. The van der Waals surface area contributed by atoms with Crippen molar-refractivity contribution in [3.8, 4) is 0 Å². The minimum absolute atomic E-state index is 0.0545. The number of rotatable bonds is 10. The first-order valence-electron chi connectivity index (χ1n) is 12.3. The van der Waals surface area contributed by atoms with E-state index in [0.29, 0.717) is 30.9 Å². The summed E-state index contributed by atoms with van der Waals surface area (Å²) in [6.45, 7) is 6.37. The van der Waals surface area contributed by atoms with Crippen molar-refractivity contribution in [2.75, 3.05) is 45.1 Å². The zero-order valence-electron chi connectivity index (χ0n) is 21.4. The number of nitrogens with zero attached hydrogens (tertiary/aromatic N) is 4. The molecule has 1 fully saturated rings. The van der Waals surface area contributed by atoms with Crippen LogP contribution in [-0.2, 0) is 27.3 Å². The van der Waals surface area contributed by atoms with Crippen LogP contribution < -0.4 is 16.0 Å². The number of aromatic nitrogens is 2. The molecule has 1 unspecified atom stereocenters. The number of piperazine rings is 1. The Kier molecular flexibility index (Phi) is 9.72. The molecule has 2 aromatic rings. The van der Waals surface area contributed by atoms with E-state index in [0.717, 1.165) is 13.1 Å². The molecular formula is C25H34FN7O4. The van der Waals surface area contributed by atoms with Gasteiger partial charge in [0.1, 0.15) is 17.6 Å². The molecule has 1 atom stereocenters. The normalized spacial score (nSPS) is 14.6. The first kappa shape index (κ1) is 27.8. The number of imidazole rings is 1. The molecule has 1 aromatic carbocycles. The van der Waals surface area contributed by atoms with E-state index in [2.05, 4.69) is 25.8 Å². The third kappa shape index (κ3) is 7.59. The highest BCUT2D eigenvalue weighted by Gasteiger charge is 2.28. The number of carbonyl (C=O) groups excluding carboxylic acids is 4. The highest BCUT2D eigenvalue weighted by Crippen LogP contribution is 2.18. The van der Waals surface area contributed by atoms with Crippen LogP contribution >= 0.6 is 0 Å². The van der Waals surface area contributed by atoms with Gasteiger partial charge in [0.2, 0.25) is 17.7 Å². The standard InChI is InChI=1S/C25H34FN7O4/c1-4-22(34)30-20(25(37)33-10-8-31(3)9-11-33)13-17-6-7-19(18(26)12-17)29-23(35)15-28-24(36)21-14-27-16-32(21)5-2/h6-7,12,14,16,20H,4-5,8-11,13,15H2,1-3H3,(H,28,36)(H,29,35)(H,30,34). The molecule has 1 saturated heterocycles. The molecule has 37 heavy (non-hydrogen) atoms. The van der Waals surface area contributed by atoms with Crippen molar-refractivity contribution in [1.29, 1.82) is 0 Å². The summed E-state index contributed by atoms with van der Waals surface area (Å²) in [6.07, 6.45) is 3.26. The Balaban J connectivity index is 1.60. The molecule has 4 amide bonds. The largest absolute Gasteiger partial charge is 0.344 e. The van der Waals surface area contributed by atoms with Crippen molar-refractivity contribution in [3.05, 3.63) is 47.8 Å². The van der Waals surface area contributed by atoms with Crippen molar-refractivity contribution >= 4 is 29.3 Å². The number of benzene rings is 1. The molecule has 3 rings (SSSR count). The molecule has 1 aliphatic heterocycles. The predicted molar refractivity (Wildman–Crippen MR) is 135 cm³/mol. The van der Waals surface area contributed by atoms with E-state index >= 15 is 0 Å². The zero-order valence-corrected chi connectivity index (χ0v) is 21.4. The second kappa shape index (κ2) is 12.9. The molecular weight excluding hydrogens is 481 g/mol. The van der Waals surface area contributed by atoms with Crippen LogP contribution in [0.15, 0.2) is 30.7 Å². The van der Waals surface area contributed by atoms with Gasteiger partial charge < -0.3 is 30.3 Å². The fourth-order valence-corrected chi connectivity index (χ4v) is 3.97. The van der Waals surface area contributed by atoms with Gasteiger partial charge in [-0.1, -0.05) is 13.0 Å². The third-order valence-electron chi connectivity index (χ3n) is 6.21. The minimum atomic E-state index is -0.817. The molecule has 0 saturated carbocycles. The van der Waals surface area contributed by atoms with Gasteiger partial charge in [-0.05, 0) is 31.7 Å². The number of nitrogens with one attached hydrogen (secondary N) is 3. The van der Waals surface area contributed by atoms with E-state index in [4.69, 9.17) is 0 Å². The van der Waals surface area contributed by atoms with Crippen LogP contribution in [0.1, 0.15) is 36.3 Å². The van der Waals surface area contributed by atoms with Gasteiger partial charge >= 0.3 is 0 Å². The van der Waals surface area contributed by atoms with Crippen LogP contribution in [-0.4, -0.2) is 88.8 Å². The van der Waals surface area contributed by atoms with Crippen molar-refractivity contribution < 1.29 is 23.6 Å². The summed E-state index contributed by atoms with van der Waals surface area (Å²) in [7, 11) is 1.98. The Labute approximate surface area is 215 Å². The summed E-state index contributed by atoms with van der Waals surface area (Å²) >= 11 is 0. The van der Waals surface area contributed by atoms with Crippen LogP contribution in [0, 0.1) is 5.82 Å². The topological polar surface area (TPSA) is 129 Å². The van der Waals surface area contributed by atoms with Crippen LogP contribution in [0.4, 0.5) is 10.1 Å². The smallest absolute Gasteiger partial charge is 0.269 e. The molecule has 1 aromatic heterocycles. The maximum atomic E-state index is 14.8. The zero-order chi connectivity index (χ0) is 26.9. The number of aryl methyl sites for hydroxylation is 1.